The molecule has 5 heteroatoms. The van der Waals surface area contributed by atoms with Gasteiger partial charge in [0.15, 0.2) is 0 Å². The summed E-state index contributed by atoms with van der Waals surface area (Å²) in [5.74, 6) is 2.69. The molecule has 3 aromatic rings. The molecule has 0 saturated carbocycles. The van der Waals surface area contributed by atoms with E-state index < -0.39 is 0 Å². The first-order chi connectivity index (χ1) is 14.3. The summed E-state index contributed by atoms with van der Waals surface area (Å²) < 4.78 is 13.6. The molecule has 0 atom stereocenters. The van der Waals surface area contributed by atoms with Crippen molar-refractivity contribution >= 4 is 5.95 Å². The molecular formula is C24H31N3O2. The SMILES string of the molecule is CCCCn1c(-c2ccc(OCC)cc2)cnc1NCc1ccccc1OCC. The van der Waals surface area contributed by atoms with Crippen LogP contribution in [0, 0.1) is 0 Å². The molecule has 0 radical (unpaired) electrons. The summed E-state index contributed by atoms with van der Waals surface area (Å²) in [5, 5.41) is 3.51. The van der Waals surface area contributed by atoms with Crippen LogP contribution in [0.5, 0.6) is 11.5 Å². The number of nitrogens with zero attached hydrogens (tertiary/aromatic N) is 2. The molecule has 154 valence electrons. The van der Waals surface area contributed by atoms with Gasteiger partial charge in [-0.1, -0.05) is 31.5 Å². The van der Waals surface area contributed by atoms with E-state index in [-0.39, 0.29) is 0 Å². The van der Waals surface area contributed by atoms with Crippen molar-refractivity contribution in [2.45, 2.75) is 46.7 Å². The lowest BCUT2D eigenvalue weighted by Crippen LogP contribution is -2.10. The Hall–Kier alpha value is -2.95. The number of unbranched alkanes of at least 4 members (excludes halogenated alkanes) is 1. The van der Waals surface area contributed by atoms with Gasteiger partial charge in [-0.05, 0) is 50.6 Å². The summed E-state index contributed by atoms with van der Waals surface area (Å²) in [5.41, 5.74) is 3.38. The molecule has 0 amide bonds. The average Bonchev–Trinajstić information content (AvgIpc) is 3.15. The standard InChI is InChI=1S/C24H31N3O2/c1-4-7-16-27-22(19-12-14-21(15-13-19)28-5-2)18-26-24(27)25-17-20-10-8-9-11-23(20)29-6-3/h8-15,18H,4-7,16-17H2,1-3H3,(H,25,26). The maximum Gasteiger partial charge on any atom is 0.203 e. The molecule has 1 N–H and O–H groups in total. The van der Waals surface area contributed by atoms with Gasteiger partial charge in [0.2, 0.25) is 5.95 Å². The van der Waals surface area contributed by atoms with E-state index in [0.29, 0.717) is 19.8 Å². The summed E-state index contributed by atoms with van der Waals surface area (Å²) in [4.78, 5) is 4.67. The first-order valence-corrected chi connectivity index (χ1v) is 10.5. The van der Waals surface area contributed by atoms with Crippen molar-refractivity contribution in [2.24, 2.45) is 0 Å². The molecular weight excluding hydrogens is 362 g/mol. The van der Waals surface area contributed by atoms with Crippen LogP contribution < -0.4 is 14.8 Å². The van der Waals surface area contributed by atoms with E-state index in [1.165, 1.54) is 0 Å². The van der Waals surface area contributed by atoms with E-state index >= 15 is 0 Å². The maximum atomic E-state index is 5.75. The van der Waals surface area contributed by atoms with E-state index in [2.05, 4.69) is 40.0 Å². The highest BCUT2D eigenvalue weighted by Gasteiger charge is 2.12. The largest absolute Gasteiger partial charge is 0.494 e. The Labute approximate surface area is 173 Å². The van der Waals surface area contributed by atoms with Gasteiger partial charge >= 0.3 is 0 Å². The number of imidazole rings is 1. The van der Waals surface area contributed by atoms with Crippen LogP contribution in [0.25, 0.3) is 11.3 Å². The first-order valence-electron chi connectivity index (χ1n) is 10.5. The first kappa shape index (κ1) is 20.8. The zero-order valence-electron chi connectivity index (χ0n) is 17.6. The molecule has 0 spiro atoms. The Morgan fingerprint density at radius 1 is 0.931 bits per heavy atom. The monoisotopic (exact) mass is 393 g/mol. The van der Waals surface area contributed by atoms with Gasteiger partial charge in [0.05, 0.1) is 25.1 Å². The topological polar surface area (TPSA) is 48.3 Å². The number of nitrogens with one attached hydrogen (secondary N) is 1. The van der Waals surface area contributed by atoms with Crippen LogP contribution >= 0.6 is 0 Å². The van der Waals surface area contributed by atoms with Crippen molar-refractivity contribution in [3.05, 3.63) is 60.3 Å². The summed E-state index contributed by atoms with van der Waals surface area (Å²) >= 11 is 0. The Morgan fingerprint density at radius 3 is 2.41 bits per heavy atom. The van der Waals surface area contributed by atoms with Gasteiger partial charge in [-0.25, -0.2) is 4.98 Å². The van der Waals surface area contributed by atoms with Crippen LogP contribution in [0.4, 0.5) is 5.95 Å². The minimum absolute atomic E-state index is 0.657. The predicted molar refractivity (Wildman–Crippen MR) is 119 cm³/mol. The Kier molecular flexibility index (Phi) is 7.56. The molecule has 3 rings (SSSR count). The summed E-state index contributed by atoms with van der Waals surface area (Å²) in [7, 11) is 0. The molecule has 29 heavy (non-hydrogen) atoms. The third kappa shape index (κ3) is 5.31. The van der Waals surface area contributed by atoms with Gasteiger partial charge in [0, 0.05) is 24.2 Å². The summed E-state index contributed by atoms with van der Waals surface area (Å²) in [6, 6.07) is 16.4. The third-order valence-corrected chi connectivity index (χ3v) is 4.76. The number of hydrogen-bond donors (Lipinski definition) is 1. The van der Waals surface area contributed by atoms with Gasteiger partial charge in [0.25, 0.3) is 0 Å². The number of rotatable bonds is 11. The number of ether oxygens (including phenoxy) is 2. The highest BCUT2D eigenvalue weighted by atomic mass is 16.5. The second-order valence-corrected chi connectivity index (χ2v) is 6.82. The normalized spacial score (nSPS) is 10.7. The molecule has 0 aliphatic carbocycles. The number of anilines is 1. The third-order valence-electron chi connectivity index (χ3n) is 4.76. The second kappa shape index (κ2) is 10.6. The zero-order valence-corrected chi connectivity index (χ0v) is 17.6. The van der Waals surface area contributed by atoms with Gasteiger partial charge < -0.3 is 19.4 Å². The Balaban J connectivity index is 1.82. The molecule has 0 saturated heterocycles. The van der Waals surface area contributed by atoms with Crippen LogP contribution in [0.15, 0.2) is 54.7 Å². The van der Waals surface area contributed by atoms with Crippen molar-refractivity contribution < 1.29 is 9.47 Å². The van der Waals surface area contributed by atoms with Crippen LogP contribution in [0.1, 0.15) is 39.2 Å². The van der Waals surface area contributed by atoms with E-state index in [4.69, 9.17) is 9.47 Å². The van der Waals surface area contributed by atoms with Crippen LogP contribution in [0.2, 0.25) is 0 Å². The van der Waals surface area contributed by atoms with Crippen molar-refractivity contribution in [1.82, 2.24) is 9.55 Å². The average molecular weight is 394 g/mol. The van der Waals surface area contributed by atoms with Crippen LogP contribution in [0.3, 0.4) is 0 Å². The number of aromatic nitrogens is 2. The Morgan fingerprint density at radius 2 is 1.69 bits per heavy atom. The van der Waals surface area contributed by atoms with Gasteiger partial charge in [-0.15, -0.1) is 0 Å². The molecule has 2 aromatic carbocycles. The molecule has 1 heterocycles. The number of hydrogen-bond acceptors (Lipinski definition) is 4. The Bertz CT molecular complexity index is 887. The fourth-order valence-electron chi connectivity index (χ4n) is 3.30. The minimum Gasteiger partial charge on any atom is -0.494 e. The summed E-state index contributed by atoms with van der Waals surface area (Å²) in [6.45, 7) is 9.13. The van der Waals surface area contributed by atoms with E-state index in [0.717, 1.165) is 53.7 Å². The van der Waals surface area contributed by atoms with Crippen molar-refractivity contribution in [3.8, 4) is 22.8 Å². The summed E-state index contributed by atoms with van der Waals surface area (Å²) in [6.07, 6.45) is 4.18. The smallest absolute Gasteiger partial charge is 0.203 e. The minimum atomic E-state index is 0.657. The maximum absolute atomic E-state index is 5.75. The molecule has 1 aromatic heterocycles. The van der Waals surface area contributed by atoms with Gasteiger partial charge in [-0.2, -0.15) is 0 Å². The molecule has 0 aliphatic rings. The highest BCUT2D eigenvalue weighted by molar-refractivity contribution is 5.62. The fraction of sp³-hybridized carbons (Fsp3) is 0.375. The predicted octanol–water partition coefficient (Wildman–Crippen LogP) is 5.76. The van der Waals surface area contributed by atoms with Crippen LogP contribution in [-0.2, 0) is 13.1 Å². The zero-order chi connectivity index (χ0) is 20.5. The van der Waals surface area contributed by atoms with E-state index in [1.807, 2.05) is 50.4 Å². The molecule has 5 nitrogen and oxygen atoms in total. The quantitative estimate of drug-likeness (QED) is 0.450. The fourth-order valence-corrected chi connectivity index (χ4v) is 3.30. The van der Waals surface area contributed by atoms with Gasteiger partial charge in [-0.3, -0.25) is 0 Å². The molecule has 0 aliphatic heterocycles. The van der Waals surface area contributed by atoms with Gasteiger partial charge in [0.1, 0.15) is 11.5 Å². The second-order valence-electron chi connectivity index (χ2n) is 6.82. The number of benzene rings is 2. The van der Waals surface area contributed by atoms with Crippen molar-refractivity contribution in [1.29, 1.82) is 0 Å². The van der Waals surface area contributed by atoms with Crippen molar-refractivity contribution in [3.63, 3.8) is 0 Å². The molecule has 0 fully saturated rings. The number of para-hydroxylation sites is 1. The lowest BCUT2D eigenvalue weighted by atomic mass is 10.1. The highest BCUT2D eigenvalue weighted by Crippen LogP contribution is 2.27. The van der Waals surface area contributed by atoms with Crippen LogP contribution in [-0.4, -0.2) is 22.8 Å². The lowest BCUT2D eigenvalue weighted by molar-refractivity contribution is 0.337. The lowest BCUT2D eigenvalue weighted by Gasteiger charge is -2.15. The molecule has 0 bridgehead atoms. The van der Waals surface area contributed by atoms with E-state index in [9.17, 15) is 0 Å². The van der Waals surface area contributed by atoms with E-state index in [1.54, 1.807) is 0 Å². The molecule has 0 unspecified atom stereocenters. The van der Waals surface area contributed by atoms with Crippen molar-refractivity contribution in [2.75, 3.05) is 18.5 Å².